The fraction of sp³-hybridized carbons (Fsp3) is 0.667. The molecule has 0 saturated carbocycles. The Labute approximate surface area is 179 Å². The third-order valence-electron chi connectivity index (χ3n) is 4.54. The van der Waals surface area contributed by atoms with Gasteiger partial charge in [0.05, 0.1) is 12.6 Å². The Hall–Kier alpha value is -3.22. The number of nitrogens with two attached hydrogens (primary N) is 2. The highest BCUT2D eigenvalue weighted by Crippen LogP contribution is 2.09. The molecule has 9 N–H and O–H groups in total. The van der Waals surface area contributed by atoms with Crippen LogP contribution in [-0.4, -0.2) is 70.5 Å². The Bertz CT molecular complexity index is 684. The first-order valence-corrected chi connectivity index (χ1v) is 9.74. The second kappa shape index (κ2) is 13.9. The lowest BCUT2D eigenvalue weighted by Gasteiger charge is -2.25. The molecule has 4 atom stereocenters. The summed E-state index contributed by atoms with van der Waals surface area (Å²) in [5, 5.41) is 24.7. The minimum atomic E-state index is -1.36. The van der Waals surface area contributed by atoms with Gasteiger partial charge in [-0.2, -0.15) is 0 Å². The molecule has 0 spiro atoms. The summed E-state index contributed by atoms with van der Waals surface area (Å²) in [5.41, 5.74) is 10.6. The average Bonchev–Trinajstić information content (AvgIpc) is 2.69. The van der Waals surface area contributed by atoms with Crippen molar-refractivity contribution >= 4 is 35.6 Å². The molecular formula is C18H31N5O8. The van der Waals surface area contributed by atoms with E-state index in [-0.39, 0.29) is 31.6 Å². The Morgan fingerprint density at radius 1 is 0.935 bits per heavy atom. The molecule has 0 aromatic heterocycles. The number of carbonyl (C=O) groups is 6. The van der Waals surface area contributed by atoms with Crippen LogP contribution in [0, 0.1) is 5.92 Å². The van der Waals surface area contributed by atoms with Crippen LogP contribution in [0.2, 0.25) is 0 Å². The van der Waals surface area contributed by atoms with E-state index < -0.39 is 60.2 Å². The summed E-state index contributed by atoms with van der Waals surface area (Å²) in [6.07, 6.45) is -0.364. The Morgan fingerprint density at radius 3 is 2.03 bits per heavy atom. The summed E-state index contributed by atoms with van der Waals surface area (Å²) >= 11 is 0. The molecule has 13 nitrogen and oxygen atoms in total. The molecule has 4 amide bonds. The Kier molecular flexibility index (Phi) is 12.5. The standard InChI is InChI=1S/C18H31N5O8/c1-3-9(2)15(23-16(28)10(19)4-7-14(26)27)17(29)21-8-13(25)22-11(18(30)31)5-6-12(20)24/h9-11,15H,3-8,19H2,1-2H3,(H2,20,24)(H,21,29)(H,22,25)(H,23,28)(H,26,27)(H,30,31). The molecule has 0 aromatic rings. The first-order valence-electron chi connectivity index (χ1n) is 9.74. The zero-order valence-electron chi connectivity index (χ0n) is 17.6. The van der Waals surface area contributed by atoms with Crippen LogP contribution in [0.3, 0.4) is 0 Å². The highest BCUT2D eigenvalue weighted by Gasteiger charge is 2.28. The SMILES string of the molecule is CCC(C)C(NC(=O)C(N)CCC(=O)O)C(=O)NCC(=O)NC(CCC(N)=O)C(=O)O. The first kappa shape index (κ1) is 27.8. The molecule has 0 saturated heterocycles. The highest BCUT2D eigenvalue weighted by atomic mass is 16.4. The normalized spacial score (nSPS) is 14.4. The third-order valence-corrected chi connectivity index (χ3v) is 4.54. The number of primary amides is 1. The maximum absolute atomic E-state index is 12.5. The van der Waals surface area contributed by atoms with Crippen molar-refractivity contribution in [3.8, 4) is 0 Å². The van der Waals surface area contributed by atoms with Gasteiger partial charge in [0.1, 0.15) is 12.1 Å². The summed E-state index contributed by atoms with van der Waals surface area (Å²) in [4.78, 5) is 69.2. The molecule has 0 aromatic carbocycles. The molecule has 0 aliphatic carbocycles. The van der Waals surface area contributed by atoms with E-state index in [2.05, 4.69) is 16.0 Å². The lowest BCUT2D eigenvalue weighted by molar-refractivity contribution is -0.142. The first-order chi connectivity index (χ1) is 14.4. The lowest BCUT2D eigenvalue weighted by Crippen LogP contribution is -2.55. The summed E-state index contributed by atoms with van der Waals surface area (Å²) in [7, 11) is 0. The molecule has 0 rings (SSSR count). The van der Waals surface area contributed by atoms with Gasteiger partial charge in [-0.1, -0.05) is 20.3 Å². The van der Waals surface area contributed by atoms with Crippen LogP contribution in [0.4, 0.5) is 0 Å². The van der Waals surface area contributed by atoms with Crippen LogP contribution in [0.25, 0.3) is 0 Å². The Morgan fingerprint density at radius 2 is 1.55 bits per heavy atom. The smallest absolute Gasteiger partial charge is 0.326 e. The number of hydrogen-bond acceptors (Lipinski definition) is 7. The molecule has 0 fully saturated rings. The monoisotopic (exact) mass is 445 g/mol. The van der Waals surface area contributed by atoms with Gasteiger partial charge in [0.25, 0.3) is 0 Å². The van der Waals surface area contributed by atoms with Gasteiger partial charge in [-0.05, 0) is 18.8 Å². The third kappa shape index (κ3) is 11.5. The number of hydrogen-bond donors (Lipinski definition) is 7. The maximum atomic E-state index is 12.5. The Balaban J connectivity index is 4.88. The van der Waals surface area contributed by atoms with Crippen molar-refractivity contribution in [3.63, 3.8) is 0 Å². The number of aliphatic carboxylic acids is 2. The second-order valence-electron chi connectivity index (χ2n) is 7.09. The van der Waals surface area contributed by atoms with E-state index in [9.17, 15) is 28.8 Å². The molecule has 176 valence electrons. The molecule has 13 heteroatoms. The van der Waals surface area contributed by atoms with E-state index in [0.717, 1.165) is 0 Å². The van der Waals surface area contributed by atoms with E-state index in [1.54, 1.807) is 13.8 Å². The molecule has 0 radical (unpaired) electrons. The van der Waals surface area contributed by atoms with Gasteiger partial charge in [0.15, 0.2) is 0 Å². The molecule has 4 unspecified atom stereocenters. The van der Waals surface area contributed by atoms with Gasteiger partial charge in [-0.15, -0.1) is 0 Å². The molecule has 0 aliphatic rings. The predicted molar refractivity (Wildman–Crippen MR) is 107 cm³/mol. The number of amides is 4. The number of nitrogens with one attached hydrogen (secondary N) is 3. The van der Waals surface area contributed by atoms with Crippen LogP contribution in [-0.2, 0) is 28.8 Å². The number of carboxylic acid groups (broad SMARTS) is 2. The van der Waals surface area contributed by atoms with Crippen molar-refractivity contribution in [2.45, 2.75) is 64.1 Å². The van der Waals surface area contributed by atoms with E-state index in [4.69, 9.17) is 21.7 Å². The number of carboxylic acids is 2. The van der Waals surface area contributed by atoms with Crippen LogP contribution >= 0.6 is 0 Å². The maximum Gasteiger partial charge on any atom is 0.326 e. The van der Waals surface area contributed by atoms with Crippen LogP contribution in [0.5, 0.6) is 0 Å². The molecule has 0 heterocycles. The van der Waals surface area contributed by atoms with Crippen molar-refractivity contribution in [1.82, 2.24) is 16.0 Å². The van der Waals surface area contributed by atoms with E-state index in [0.29, 0.717) is 6.42 Å². The van der Waals surface area contributed by atoms with Crippen LogP contribution in [0.15, 0.2) is 0 Å². The average molecular weight is 445 g/mol. The zero-order chi connectivity index (χ0) is 24.1. The van der Waals surface area contributed by atoms with E-state index in [1.807, 2.05) is 0 Å². The fourth-order valence-corrected chi connectivity index (χ4v) is 2.44. The quantitative estimate of drug-likeness (QED) is 0.143. The van der Waals surface area contributed by atoms with Gasteiger partial charge in [-0.25, -0.2) is 4.79 Å². The van der Waals surface area contributed by atoms with Crippen molar-refractivity contribution in [2.24, 2.45) is 17.4 Å². The summed E-state index contributed by atoms with van der Waals surface area (Å²) in [6.45, 7) is 2.91. The highest BCUT2D eigenvalue weighted by molar-refractivity contribution is 5.93. The second-order valence-corrected chi connectivity index (χ2v) is 7.09. The zero-order valence-corrected chi connectivity index (χ0v) is 17.6. The van der Waals surface area contributed by atoms with Crippen LogP contribution < -0.4 is 27.4 Å². The fourth-order valence-electron chi connectivity index (χ4n) is 2.44. The topological polar surface area (TPSA) is 231 Å². The van der Waals surface area contributed by atoms with Gasteiger partial charge >= 0.3 is 11.9 Å². The molecule has 0 bridgehead atoms. The van der Waals surface area contributed by atoms with E-state index in [1.165, 1.54) is 0 Å². The van der Waals surface area contributed by atoms with Gasteiger partial charge in [-0.3, -0.25) is 24.0 Å². The van der Waals surface area contributed by atoms with Crippen molar-refractivity contribution in [1.29, 1.82) is 0 Å². The summed E-state index contributed by atoms with van der Waals surface area (Å²) in [6, 6.07) is -3.51. The minimum absolute atomic E-state index is 0.111. The molecule has 0 aliphatic heterocycles. The predicted octanol–water partition coefficient (Wildman–Crippen LogP) is -2.34. The van der Waals surface area contributed by atoms with E-state index >= 15 is 0 Å². The van der Waals surface area contributed by atoms with Crippen LogP contribution in [0.1, 0.15) is 46.0 Å². The van der Waals surface area contributed by atoms with Crippen molar-refractivity contribution in [2.75, 3.05) is 6.54 Å². The minimum Gasteiger partial charge on any atom is -0.481 e. The summed E-state index contributed by atoms with van der Waals surface area (Å²) < 4.78 is 0. The lowest BCUT2D eigenvalue weighted by atomic mass is 9.97. The summed E-state index contributed by atoms with van der Waals surface area (Å²) in [5.74, 6) is -5.72. The number of rotatable bonds is 15. The molecule has 31 heavy (non-hydrogen) atoms. The molecular weight excluding hydrogens is 414 g/mol. The van der Waals surface area contributed by atoms with Crippen molar-refractivity contribution in [3.05, 3.63) is 0 Å². The van der Waals surface area contributed by atoms with Gasteiger partial charge in [0.2, 0.25) is 23.6 Å². The van der Waals surface area contributed by atoms with Gasteiger partial charge < -0.3 is 37.6 Å². The van der Waals surface area contributed by atoms with Gasteiger partial charge in [0, 0.05) is 12.8 Å². The largest absolute Gasteiger partial charge is 0.481 e. The van der Waals surface area contributed by atoms with Crippen molar-refractivity contribution < 1.29 is 39.0 Å². The number of carbonyl (C=O) groups excluding carboxylic acids is 4.